The Morgan fingerprint density at radius 3 is 2.46 bits per heavy atom. The zero-order valence-corrected chi connectivity index (χ0v) is 25.8. The van der Waals surface area contributed by atoms with Crippen LogP contribution in [0.2, 0.25) is 0 Å². The van der Waals surface area contributed by atoms with Crippen molar-refractivity contribution in [1.82, 2.24) is 9.80 Å². The maximum atomic E-state index is 13.0. The number of carbonyl (C=O) groups excluding carboxylic acids is 2. The van der Waals surface area contributed by atoms with E-state index in [1.165, 1.54) is 18.2 Å². The van der Waals surface area contributed by atoms with Gasteiger partial charge in [0.1, 0.15) is 29.5 Å². The van der Waals surface area contributed by atoms with Crippen molar-refractivity contribution in [2.45, 2.75) is 71.7 Å². The summed E-state index contributed by atoms with van der Waals surface area (Å²) in [4.78, 5) is 29.7. The summed E-state index contributed by atoms with van der Waals surface area (Å²) in [5, 5.41) is 43.8. The number of hydrogen-bond donors (Lipinski definition) is 4. The number of piperidine rings is 2. The minimum Gasteiger partial charge on any atom is -0.504 e. The minimum absolute atomic E-state index is 0.0430. The first-order chi connectivity index (χ1) is 21.9. The van der Waals surface area contributed by atoms with E-state index in [0.717, 1.165) is 24.1 Å². The molecule has 0 amide bonds. The van der Waals surface area contributed by atoms with Crippen LogP contribution >= 0.6 is 0 Å². The number of likely N-dealkylation sites (tertiary alicyclic amines) is 2. The molecule has 2 aromatic carbocycles. The smallest absolute Gasteiger partial charge is 0.196 e. The molecule has 4 heterocycles. The van der Waals surface area contributed by atoms with E-state index >= 15 is 0 Å². The lowest BCUT2D eigenvalue weighted by atomic mass is 9.50. The number of aliphatic hydroxyl groups excluding tert-OH is 1. The molecule has 0 saturated carbocycles. The molecule has 240 valence electrons. The van der Waals surface area contributed by atoms with E-state index in [1.54, 1.807) is 25.3 Å². The third-order valence-electron chi connectivity index (χ3n) is 12.5. The molecule has 0 radical (unpaired) electrons. The molecule has 11 heteroatoms. The molecule has 10 rings (SSSR count). The van der Waals surface area contributed by atoms with Crippen molar-refractivity contribution in [2.24, 2.45) is 0 Å². The van der Waals surface area contributed by atoms with Crippen molar-refractivity contribution in [3.8, 4) is 23.0 Å². The van der Waals surface area contributed by atoms with E-state index in [2.05, 4.69) is 11.0 Å². The van der Waals surface area contributed by atoms with Crippen molar-refractivity contribution < 1.29 is 44.2 Å². The van der Waals surface area contributed by atoms with Crippen LogP contribution in [-0.2, 0) is 22.0 Å². The fraction of sp³-hybridized carbons (Fsp3) is 0.486. The van der Waals surface area contributed by atoms with Gasteiger partial charge in [-0.2, -0.15) is 0 Å². The highest BCUT2D eigenvalue weighted by molar-refractivity contribution is 6.06. The standard InChI is InChI=1S/C18H19NO4.C17H17NO5/c1-19-8-7-17-14-10-3-4-12(22-2)15(14)23-16(17)11(20)5-6-18(17,21)13(19)9-10;1-18-7-6-16-11-8-2-3-9(19)13(11)23-15(16)10(20)4-5-17(16,22)14(18)12(8)21/h3-6,13,16,21H,7-9H2,1-2H3;2-5,10,14-15,19-20,22H,6-7H2,1H3/t13-,16+,17+,18-;10-,14+,15-,16-,17+/m10/s1. The van der Waals surface area contributed by atoms with Crippen LogP contribution < -0.4 is 14.2 Å². The fourth-order valence-corrected chi connectivity index (χ4v) is 10.4. The van der Waals surface area contributed by atoms with Gasteiger partial charge in [0, 0.05) is 22.7 Å². The second-order valence-corrected chi connectivity index (χ2v) is 14.1. The van der Waals surface area contributed by atoms with E-state index in [-0.39, 0.29) is 29.1 Å². The van der Waals surface area contributed by atoms with Crippen LogP contribution in [0.25, 0.3) is 0 Å². The number of phenolic OH excluding ortho intramolecular Hbond substituents is 1. The molecule has 4 bridgehead atoms. The molecule has 46 heavy (non-hydrogen) atoms. The van der Waals surface area contributed by atoms with E-state index in [0.29, 0.717) is 42.0 Å². The van der Waals surface area contributed by atoms with Gasteiger partial charge in [-0.3, -0.25) is 19.4 Å². The lowest BCUT2D eigenvalue weighted by Gasteiger charge is -2.60. The maximum Gasteiger partial charge on any atom is 0.196 e. The molecule has 11 nitrogen and oxygen atoms in total. The monoisotopic (exact) mass is 628 g/mol. The van der Waals surface area contributed by atoms with Crippen LogP contribution in [-0.4, -0.2) is 118 Å². The van der Waals surface area contributed by atoms with Crippen LogP contribution in [0.15, 0.2) is 48.6 Å². The van der Waals surface area contributed by atoms with Crippen molar-refractivity contribution >= 4 is 11.6 Å². The van der Waals surface area contributed by atoms with Gasteiger partial charge in [-0.05, 0) is 82.4 Å². The second-order valence-electron chi connectivity index (χ2n) is 14.1. The zero-order chi connectivity index (χ0) is 32.1. The lowest BCUT2D eigenvalue weighted by Crippen LogP contribution is -2.76. The molecule has 2 fully saturated rings. The highest BCUT2D eigenvalue weighted by atomic mass is 16.5. The largest absolute Gasteiger partial charge is 0.504 e. The van der Waals surface area contributed by atoms with Crippen molar-refractivity contribution in [3.63, 3.8) is 0 Å². The predicted octanol–water partition coefficient (Wildman–Crippen LogP) is 0.777. The Hall–Kier alpha value is -3.74. The average molecular weight is 629 g/mol. The van der Waals surface area contributed by atoms with Crippen molar-refractivity contribution in [1.29, 1.82) is 0 Å². The number of Topliss-reactive ketones (excluding diaryl/α,β-unsaturated/α-hetero) is 1. The molecule has 2 aromatic rings. The Balaban J connectivity index is 0.000000127. The van der Waals surface area contributed by atoms with Crippen molar-refractivity contribution in [3.05, 3.63) is 70.8 Å². The number of rotatable bonds is 1. The molecule has 2 saturated heterocycles. The molecule has 4 N–H and O–H groups in total. The molecule has 4 aliphatic heterocycles. The first kappa shape index (κ1) is 28.5. The van der Waals surface area contributed by atoms with Gasteiger partial charge in [0.25, 0.3) is 0 Å². The number of aliphatic hydroxyl groups is 3. The van der Waals surface area contributed by atoms with Crippen molar-refractivity contribution in [2.75, 3.05) is 34.3 Å². The third kappa shape index (κ3) is 2.90. The second kappa shape index (κ2) is 8.78. The summed E-state index contributed by atoms with van der Waals surface area (Å²) in [5.74, 6) is 1.21. The summed E-state index contributed by atoms with van der Waals surface area (Å²) >= 11 is 0. The normalized spacial score (nSPS) is 41.6. The summed E-state index contributed by atoms with van der Waals surface area (Å²) < 4.78 is 17.4. The Kier molecular flexibility index (Phi) is 5.44. The van der Waals surface area contributed by atoms with Gasteiger partial charge < -0.3 is 34.6 Å². The molecule has 9 atom stereocenters. The predicted molar refractivity (Wildman–Crippen MR) is 163 cm³/mol. The highest BCUT2D eigenvalue weighted by Crippen LogP contribution is 2.65. The highest BCUT2D eigenvalue weighted by Gasteiger charge is 2.74. The van der Waals surface area contributed by atoms with Crippen LogP contribution in [0, 0.1) is 0 Å². The third-order valence-corrected chi connectivity index (χ3v) is 12.5. The molecule has 8 aliphatic rings. The minimum atomic E-state index is -1.45. The van der Waals surface area contributed by atoms with E-state index < -0.39 is 46.4 Å². The molecule has 2 spiro atoms. The first-order valence-corrected chi connectivity index (χ1v) is 15.8. The van der Waals surface area contributed by atoms with Crippen LogP contribution in [0.4, 0.5) is 0 Å². The quantitative estimate of drug-likeness (QED) is 0.332. The lowest BCUT2D eigenvalue weighted by molar-refractivity contribution is -0.151. The maximum absolute atomic E-state index is 13.0. The Morgan fingerprint density at radius 1 is 0.913 bits per heavy atom. The number of nitrogens with zero attached hydrogens (tertiary/aromatic N) is 2. The van der Waals surface area contributed by atoms with Gasteiger partial charge in [-0.1, -0.05) is 18.2 Å². The number of ether oxygens (including phenoxy) is 3. The number of methoxy groups -OCH3 is 1. The number of aromatic hydroxyl groups is 1. The number of hydrogen-bond acceptors (Lipinski definition) is 11. The number of carbonyl (C=O) groups is 2. The van der Waals surface area contributed by atoms with E-state index in [9.17, 15) is 30.0 Å². The van der Waals surface area contributed by atoms with Gasteiger partial charge in [0.2, 0.25) is 0 Å². The number of ketones is 2. The Bertz CT molecular complexity index is 1820. The summed E-state index contributed by atoms with van der Waals surface area (Å²) in [6.07, 6.45) is 5.99. The van der Waals surface area contributed by atoms with Crippen LogP contribution in [0.3, 0.4) is 0 Å². The molecular weight excluding hydrogens is 592 g/mol. The SMILES string of the molecule is CN1CC[C@]23c4c5ccc(O)c4O[C@H]2[C@@H](O)C=C[C@@]3(O)[C@H]1C5=O.COc1ccc2c3c1O[C@H]1C(=O)C=C[C@@]4(O)[C@@H](C2)N(C)CC[C@]314. The molecule has 0 unspecified atom stereocenters. The number of likely N-dealkylation sites (N-methyl/N-ethyl adjacent to an activating group) is 2. The van der Waals surface area contributed by atoms with Crippen LogP contribution in [0.1, 0.15) is 39.9 Å². The van der Waals surface area contributed by atoms with E-state index in [1.807, 2.05) is 25.1 Å². The Labute approximate surface area is 265 Å². The number of benzene rings is 2. The van der Waals surface area contributed by atoms with Gasteiger partial charge in [0.15, 0.2) is 40.7 Å². The summed E-state index contributed by atoms with van der Waals surface area (Å²) in [6, 6.07) is 6.24. The zero-order valence-electron chi connectivity index (χ0n) is 25.8. The summed E-state index contributed by atoms with van der Waals surface area (Å²) in [7, 11) is 5.47. The summed E-state index contributed by atoms with van der Waals surface area (Å²) in [6.45, 7) is 1.44. The van der Waals surface area contributed by atoms with Gasteiger partial charge in [-0.15, -0.1) is 0 Å². The molecular formula is C35H36N2O9. The Morgan fingerprint density at radius 2 is 1.67 bits per heavy atom. The fourth-order valence-electron chi connectivity index (χ4n) is 10.4. The average Bonchev–Trinajstić information content (AvgIpc) is 3.58. The molecule has 0 aromatic heterocycles. The molecule has 4 aliphatic carbocycles. The number of phenols is 1. The first-order valence-electron chi connectivity index (χ1n) is 15.8. The topological polar surface area (TPSA) is 149 Å². The van der Waals surface area contributed by atoms with Gasteiger partial charge >= 0.3 is 0 Å². The van der Waals surface area contributed by atoms with Crippen LogP contribution in [0.5, 0.6) is 23.0 Å². The van der Waals surface area contributed by atoms with Gasteiger partial charge in [0.05, 0.1) is 17.9 Å². The van der Waals surface area contributed by atoms with Gasteiger partial charge in [-0.25, -0.2) is 0 Å². The van der Waals surface area contributed by atoms with E-state index in [4.69, 9.17) is 14.2 Å². The summed E-state index contributed by atoms with van der Waals surface area (Å²) in [5.41, 5.74) is -0.940.